The molecule has 15 nitrogen and oxygen atoms in total. The minimum Gasteiger partial charge on any atom is -0.846 e. The zero-order valence-electron chi connectivity index (χ0n) is 15.6. The molecule has 0 spiro atoms. The Labute approximate surface area is 230 Å². The quantitative estimate of drug-likeness (QED) is 0.215. The standard InChI is InChI=1S/C9H15N3O11P2.3Na.H2O/c10-5-1-2-12(9(15)11-5)8-7(14)6(13)4(22-8)3-21-25(19,20)23-24(16,17)18;;;;/h1-2,4,6-8,13-14H,3H2,(H,19,20)(H2,10,11,15)(H2,16,17,18);;;;1H2/q;3*+1;/p-3. The molecule has 2 rings (SSSR count). The van der Waals surface area contributed by atoms with Crippen LogP contribution in [-0.2, 0) is 22.7 Å². The van der Waals surface area contributed by atoms with Crippen LogP contribution in [0.15, 0.2) is 12.3 Å². The molecule has 0 aromatic carbocycles. The number of rotatable bonds is 6. The van der Waals surface area contributed by atoms with Gasteiger partial charge in [0, 0.05) is 6.20 Å². The fourth-order valence-corrected chi connectivity index (χ4v) is 3.56. The van der Waals surface area contributed by atoms with Gasteiger partial charge in [0.25, 0.3) is 0 Å². The van der Waals surface area contributed by atoms with Gasteiger partial charge in [-0.25, -0.2) is 9.55 Å². The SMILES string of the molecule is N=c1ccn(C2OC(COP(=O)(O)OP(=O)([O-])[O-])C(O)C2O)c([O-])n1.O.[Na+].[Na+].[Na+]. The summed E-state index contributed by atoms with van der Waals surface area (Å²) in [5.74, 6) is 0. The molecule has 0 saturated carbocycles. The van der Waals surface area contributed by atoms with Crippen molar-refractivity contribution in [3.8, 4) is 6.01 Å². The van der Waals surface area contributed by atoms with E-state index < -0.39 is 52.8 Å². The summed E-state index contributed by atoms with van der Waals surface area (Å²) in [6, 6.07) is 0.156. The molecular weight excluding hydrogens is 473 g/mol. The monoisotopic (exact) mass is 487 g/mol. The molecule has 2 heterocycles. The summed E-state index contributed by atoms with van der Waals surface area (Å²) in [5, 5.41) is 38.6. The van der Waals surface area contributed by atoms with Crippen LogP contribution in [0.1, 0.15) is 6.23 Å². The maximum Gasteiger partial charge on any atom is 1.00 e. The van der Waals surface area contributed by atoms with E-state index in [9.17, 15) is 34.2 Å². The van der Waals surface area contributed by atoms with Crippen LogP contribution in [0.4, 0.5) is 0 Å². The molecule has 1 saturated heterocycles. The van der Waals surface area contributed by atoms with Crippen molar-refractivity contribution in [2.75, 3.05) is 6.61 Å². The first-order valence-corrected chi connectivity index (χ1v) is 9.38. The molecule has 1 aromatic heterocycles. The summed E-state index contributed by atoms with van der Waals surface area (Å²) in [6.07, 6.45) is -5.21. The number of aliphatic hydroxyl groups is 2. The fourth-order valence-electron chi connectivity index (χ4n) is 2.02. The minimum atomic E-state index is -5.81. The Balaban J connectivity index is -0.00000169. The summed E-state index contributed by atoms with van der Waals surface area (Å²) in [4.78, 5) is 33.0. The Morgan fingerprint density at radius 2 is 1.79 bits per heavy atom. The van der Waals surface area contributed by atoms with Crippen molar-refractivity contribution in [1.29, 1.82) is 5.41 Å². The van der Waals surface area contributed by atoms with E-state index in [2.05, 4.69) is 13.8 Å². The molecule has 20 heteroatoms. The maximum absolute atomic E-state index is 11.7. The van der Waals surface area contributed by atoms with Crippen molar-refractivity contribution in [1.82, 2.24) is 9.55 Å². The van der Waals surface area contributed by atoms with Crippen LogP contribution in [0.2, 0.25) is 0 Å². The van der Waals surface area contributed by atoms with Gasteiger partial charge >= 0.3 is 96.5 Å². The van der Waals surface area contributed by atoms with Crippen molar-refractivity contribution >= 4 is 15.6 Å². The number of phosphoric acid groups is 2. The molecule has 6 N–H and O–H groups in total. The average Bonchev–Trinajstić information content (AvgIpc) is 2.71. The van der Waals surface area contributed by atoms with Gasteiger partial charge in [-0.1, -0.05) is 0 Å². The molecule has 150 valence electrons. The van der Waals surface area contributed by atoms with Crippen molar-refractivity contribution in [3.63, 3.8) is 0 Å². The molecule has 1 aliphatic rings. The first kappa shape index (κ1) is 35.4. The molecule has 1 aromatic rings. The number of hydrogen-bond acceptors (Lipinski definition) is 12. The Morgan fingerprint density at radius 3 is 2.28 bits per heavy atom. The zero-order chi connectivity index (χ0) is 19.0. The first-order chi connectivity index (χ1) is 11.4. The molecular formula is C9H14N3Na3O12P2. The number of aliphatic hydroxyl groups excluding tert-OH is 2. The summed E-state index contributed by atoms with van der Waals surface area (Å²) < 4.78 is 35.1. The fraction of sp³-hybridized carbons (Fsp3) is 0.556. The summed E-state index contributed by atoms with van der Waals surface area (Å²) in [5.41, 5.74) is -0.341. The third-order valence-electron chi connectivity index (χ3n) is 3.05. The number of ether oxygens (including phenoxy) is 1. The summed E-state index contributed by atoms with van der Waals surface area (Å²) >= 11 is 0. The van der Waals surface area contributed by atoms with Gasteiger partial charge in [0.1, 0.15) is 23.8 Å². The third kappa shape index (κ3) is 10.5. The van der Waals surface area contributed by atoms with E-state index in [4.69, 9.17) is 15.0 Å². The van der Waals surface area contributed by atoms with Crippen LogP contribution in [0, 0.1) is 5.41 Å². The van der Waals surface area contributed by atoms with E-state index in [0.717, 1.165) is 16.8 Å². The second-order valence-electron chi connectivity index (χ2n) is 4.84. The number of phosphoric ester groups is 1. The summed E-state index contributed by atoms with van der Waals surface area (Å²) in [7, 11) is -11.1. The molecule has 0 bridgehead atoms. The number of nitrogens with one attached hydrogen (secondary N) is 1. The van der Waals surface area contributed by atoms with Crippen LogP contribution in [0.25, 0.3) is 0 Å². The molecule has 1 fully saturated rings. The Bertz CT molecular complexity index is 793. The second kappa shape index (κ2) is 14.1. The molecule has 5 atom stereocenters. The number of aromatic nitrogens is 2. The predicted octanol–water partition coefficient (Wildman–Crippen LogP) is -13.8. The number of nitrogens with zero attached hydrogens (tertiary/aromatic N) is 2. The van der Waals surface area contributed by atoms with Gasteiger partial charge in [-0.15, -0.1) is 0 Å². The predicted molar refractivity (Wildman–Crippen MR) is 71.5 cm³/mol. The Kier molecular flexibility index (Phi) is 17.2. The maximum atomic E-state index is 11.7. The van der Waals surface area contributed by atoms with Gasteiger partial charge in [-0.3, -0.25) is 14.2 Å². The molecule has 0 amide bonds. The second-order valence-corrected chi connectivity index (χ2v) is 7.59. The van der Waals surface area contributed by atoms with Crippen molar-refractivity contribution in [2.45, 2.75) is 24.5 Å². The van der Waals surface area contributed by atoms with Gasteiger partial charge in [0.15, 0.2) is 6.23 Å². The van der Waals surface area contributed by atoms with E-state index >= 15 is 0 Å². The molecule has 0 radical (unpaired) electrons. The van der Waals surface area contributed by atoms with Crippen molar-refractivity contribution in [3.05, 3.63) is 17.8 Å². The van der Waals surface area contributed by atoms with E-state index in [1.54, 1.807) is 0 Å². The average molecular weight is 487 g/mol. The normalized spacial score (nSPS) is 25.4. The van der Waals surface area contributed by atoms with Gasteiger partial charge in [0.05, 0.1) is 20.4 Å². The Morgan fingerprint density at radius 1 is 1.24 bits per heavy atom. The van der Waals surface area contributed by atoms with Gasteiger partial charge < -0.3 is 49.3 Å². The van der Waals surface area contributed by atoms with Crippen LogP contribution < -0.4 is 109 Å². The van der Waals surface area contributed by atoms with Crippen molar-refractivity contribution < 1.29 is 147 Å². The van der Waals surface area contributed by atoms with Crippen molar-refractivity contribution in [2.24, 2.45) is 0 Å². The molecule has 5 unspecified atom stereocenters. The van der Waals surface area contributed by atoms with Crippen LogP contribution >= 0.6 is 15.6 Å². The Hall–Kier alpha value is 1.78. The molecule has 29 heavy (non-hydrogen) atoms. The van der Waals surface area contributed by atoms with E-state index in [0.29, 0.717) is 0 Å². The van der Waals surface area contributed by atoms with E-state index in [1.807, 2.05) is 0 Å². The van der Waals surface area contributed by atoms with Gasteiger partial charge in [-0.2, -0.15) is 0 Å². The topological polar surface area (TPSA) is 265 Å². The smallest absolute Gasteiger partial charge is 0.846 e. The third-order valence-corrected chi connectivity index (χ3v) is 5.15. The number of hydrogen-bond donors (Lipinski definition) is 4. The molecule has 0 aliphatic carbocycles. The molecule has 1 aliphatic heterocycles. The van der Waals surface area contributed by atoms with Crippen LogP contribution in [0.3, 0.4) is 0 Å². The first-order valence-electron chi connectivity index (χ1n) is 6.43. The van der Waals surface area contributed by atoms with Gasteiger partial charge in [-0.05, 0) is 6.07 Å². The van der Waals surface area contributed by atoms with Crippen LogP contribution in [0.5, 0.6) is 6.01 Å². The summed E-state index contributed by atoms with van der Waals surface area (Å²) in [6.45, 7) is -0.943. The van der Waals surface area contributed by atoms with E-state index in [-0.39, 0.29) is 99.6 Å². The van der Waals surface area contributed by atoms with Crippen LogP contribution in [-0.4, -0.2) is 55.1 Å². The van der Waals surface area contributed by atoms with E-state index in [1.165, 1.54) is 0 Å². The largest absolute Gasteiger partial charge is 1.00 e. The zero-order valence-corrected chi connectivity index (χ0v) is 23.4. The van der Waals surface area contributed by atoms with Gasteiger partial charge in [0.2, 0.25) is 0 Å². The minimum absolute atomic E-state index is 0.